The van der Waals surface area contributed by atoms with Gasteiger partial charge in [-0.05, 0) is 12.5 Å². The molecule has 2 aromatic carbocycles. The van der Waals surface area contributed by atoms with Gasteiger partial charge in [-0.15, -0.1) is 0 Å². The fraction of sp³-hybridized carbons (Fsp3) is 0.176. The minimum absolute atomic E-state index is 0.231. The molecule has 5 nitrogen and oxygen atoms in total. The van der Waals surface area contributed by atoms with Gasteiger partial charge in [0, 0.05) is 5.56 Å². The Balaban J connectivity index is 0.000000220. The minimum atomic E-state index is -1.00. The number of hydrogen-bond donors (Lipinski definition) is 3. The van der Waals surface area contributed by atoms with Crippen LogP contribution < -0.4 is 5.73 Å². The normalized spacial score (nSPS) is 12.5. The van der Waals surface area contributed by atoms with Crippen molar-refractivity contribution in [3.8, 4) is 0 Å². The van der Waals surface area contributed by atoms with Gasteiger partial charge in [-0.2, -0.15) is 0 Å². The third-order valence-corrected chi connectivity index (χ3v) is 2.86. The van der Waals surface area contributed by atoms with Crippen LogP contribution in [-0.4, -0.2) is 28.1 Å². The fourth-order valence-electron chi connectivity index (χ4n) is 1.65. The lowest BCUT2D eigenvalue weighted by atomic mass is 10.1. The quantitative estimate of drug-likeness (QED) is 0.750. The van der Waals surface area contributed by atoms with E-state index in [1.807, 2.05) is 12.1 Å². The molecule has 0 fully saturated rings. The Morgan fingerprint density at radius 1 is 0.955 bits per heavy atom. The SMILES string of the molecule is CC(O)C(=O)c1ccccc1.NC(C(=O)O)c1ccccc1. The monoisotopic (exact) mass is 301 g/mol. The molecule has 2 rings (SSSR count). The van der Waals surface area contributed by atoms with E-state index >= 15 is 0 Å². The average Bonchev–Trinajstić information content (AvgIpc) is 2.55. The van der Waals surface area contributed by atoms with Crippen LogP contribution in [0.5, 0.6) is 0 Å². The molecule has 0 aliphatic rings. The number of carbonyl (C=O) groups is 2. The topological polar surface area (TPSA) is 101 Å². The van der Waals surface area contributed by atoms with Gasteiger partial charge in [0.1, 0.15) is 12.1 Å². The summed E-state index contributed by atoms with van der Waals surface area (Å²) in [4.78, 5) is 21.5. The fourth-order valence-corrected chi connectivity index (χ4v) is 1.65. The van der Waals surface area contributed by atoms with Crippen molar-refractivity contribution in [2.75, 3.05) is 0 Å². The summed E-state index contributed by atoms with van der Waals surface area (Å²) in [5.74, 6) is -1.23. The molecule has 2 atom stereocenters. The smallest absolute Gasteiger partial charge is 0.325 e. The lowest BCUT2D eigenvalue weighted by Crippen LogP contribution is -2.20. The number of Topliss-reactive ketones (excluding diaryl/α,β-unsaturated/α-hetero) is 1. The Morgan fingerprint density at radius 3 is 1.82 bits per heavy atom. The maximum atomic E-state index is 11.1. The number of ketones is 1. The van der Waals surface area contributed by atoms with E-state index in [1.165, 1.54) is 6.92 Å². The third kappa shape index (κ3) is 5.47. The van der Waals surface area contributed by atoms with Crippen LogP contribution in [0.4, 0.5) is 0 Å². The molecule has 0 spiro atoms. The maximum absolute atomic E-state index is 11.1. The molecular formula is C17H19NO4. The molecule has 0 aliphatic carbocycles. The lowest BCUT2D eigenvalue weighted by molar-refractivity contribution is -0.138. The van der Waals surface area contributed by atoms with Gasteiger partial charge in [0.2, 0.25) is 0 Å². The second-order valence-electron chi connectivity index (χ2n) is 4.63. The van der Waals surface area contributed by atoms with E-state index in [1.54, 1.807) is 48.5 Å². The van der Waals surface area contributed by atoms with E-state index in [-0.39, 0.29) is 5.78 Å². The molecule has 0 amide bonds. The molecule has 0 bridgehead atoms. The summed E-state index contributed by atoms with van der Waals surface area (Å²) in [5.41, 5.74) is 6.52. The number of rotatable bonds is 4. The largest absolute Gasteiger partial charge is 0.480 e. The summed E-state index contributed by atoms with van der Waals surface area (Å²) < 4.78 is 0. The predicted octanol–water partition coefficient (Wildman–Crippen LogP) is 2.02. The third-order valence-electron chi connectivity index (χ3n) is 2.86. The number of aliphatic carboxylic acids is 1. The zero-order chi connectivity index (χ0) is 16.5. The van der Waals surface area contributed by atoms with Gasteiger partial charge in [-0.1, -0.05) is 60.7 Å². The summed E-state index contributed by atoms with van der Waals surface area (Å²) in [6.07, 6.45) is -0.905. The van der Waals surface area contributed by atoms with E-state index in [0.717, 1.165) is 0 Å². The van der Waals surface area contributed by atoms with Crippen molar-refractivity contribution in [1.29, 1.82) is 0 Å². The molecule has 0 aliphatic heterocycles. The van der Waals surface area contributed by atoms with Crippen molar-refractivity contribution in [3.63, 3.8) is 0 Å². The van der Waals surface area contributed by atoms with Gasteiger partial charge >= 0.3 is 5.97 Å². The Hall–Kier alpha value is -2.50. The van der Waals surface area contributed by atoms with Crippen molar-refractivity contribution < 1.29 is 19.8 Å². The lowest BCUT2D eigenvalue weighted by Gasteiger charge is -2.04. The summed E-state index contributed by atoms with van der Waals surface area (Å²) in [7, 11) is 0. The number of hydrogen-bond acceptors (Lipinski definition) is 4. The first kappa shape index (κ1) is 17.6. The van der Waals surface area contributed by atoms with Crippen molar-refractivity contribution in [2.24, 2.45) is 5.73 Å². The first-order chi connectivity index (χ1) is 10.4. The predicted molar refractivity (Wildman–Crippen MR) is 83.5 cm³/mol. The maximum Gasteiger partial charge on any atom is 0.325 e. The van der Waals surface area contributed by atoms with Crippen LogP contribution in [0.3, 0.4) is 0 Å². The first-order valence-corrected chi connectivity index (χ1v) is 6.74. The molecular weight excluding hydrogens is 282 g/mol. The summed E-state index contributed by atoms with van der Waals surface area (Å²) in [5, 5.41) is 17.4. The standard InChI is InChI=1S/C9H10O2.C8H9NO2/c1-7(10)9(11)8-5-3-2-4-6-8;9-7(8(10)11)6-4-2-1-3-5-6/h2-7,10H,1H3;1-5,7H,9H2,(H,10,11). The molecule has 0 heterocycles. The van der Waals surface area contributed by atoms with E-state index in [9.17, 15) is 9.59 Å². The van der Waals surface area contributed by atoms with Gasteiger partial charge in [0.15, 0.2) is 5.78 Å². The highest BCUT2D eigenvalue weighted by molar-refractivity contribution is 5.98. The molecule has 4 N–H and O–H groups in total. The van der Waals surface area contributed by atoms with Crippen LogP contribution in [0, 0.1) is 0 Å². The van der Waals surface area contributed by atoms with Gasteiger partial charge in [-0.25, -0.2) is 0 Å². The van der Waals surface area contributed by atoms with Crippen molar-refractivity contribution in [2.45, 2.75) is 19.1 Å². The number of carbonyl (C=O) groups excluding carboxylic acids is 1. The van der Waals surface area contributed by atoms with Gasteiger partial charge in [-0.3, -0.25) is 9.59 Å². The zero-order valence-corrected chi connectivity index (χ0v) is 12.2. The number of nitrogens with two attached hydrogens (primary N) is 1. The van der Waals surface area contributed by atoms with E-state index in [2.05, 4.69) is 0 Å². The number of aliphatic hydroxyl groups excluding tert-OH is 1. The first-order valence-electron chi connectivity index (χ1n) is 6.74. The van der Waals surface area contributed by atoms with Crippen LogP contribution in [0.2, 0.25) is 0 Å². The van der Waals surface area contributed by atoms with Crippen molar-refractivity contribution in [1.82, 2.24) is 0 Å². The molecule has 0 saturated carbocycles. The van der Waals surface area contributed by atoms with Crippen LogP contribution in [0.25, 0.3) is 0 Å². The summed E-state index contributed by atoms with van der Waals surface area (Å²) >= 11 is 0. The minimum Gasteiger partial charge on any atom is -0.480 e. The van der Waals surface area contributed by atoms with Gasteiger partial charge in [0.05, 0.1) is 0 Å². The van der Waals surface area contributed by atoms with Crippen molar-refractivity contribution >= 4 is 11.8 Å². The Kier molecular flexibility index (Phi) is 6.95. The van der Waals surface area contributed by atoms with Gasteiger partial charge < -0.3 is 15.9 Å². The average molecular weight is 301 g/mol. The summed E-state index contributed by atoms with van der Waals surface area (Å²) in [6.45, 7) is 1.47. The van der Waals surface area contributed by atoms with Gasteiger partial charge in [0.25, 0.3) is 0 Å². The van der Waals surface area contributed by atoms with Crippen molar-refractivity contribution in [3.05, 3.63) is 71.8 Å². The zero-order valence-electron chi connectivity index (χ0n) is 12.2. The molecule has 2 aromatic rings. The highest BCUT2D eigenvalue weighted by atomic mass is 16.4. The Bertz CT molecular complexity index is 597. The Morgan fingerprint density at radius 2 is 1.41 bits per heavy atom. The molecule has 0 radical (unpaired) electrons. The number of benzene rings is 2. The highest BCUT2D eigenvalue weighted by Crippen LogP contribution is 2.08. The molecule has 5 heteroatoms. The van der Waals surface area contributed by atoms with E-state index < -0.39 is 18.1 Å². The second kappa shape index (κ2) is 8.71. The molecule has 2 unspecified atom stereocenters. The van der Waals surface area contributed by atoms with E-state index in [0.29, 0.717) is 11.1 Å². The molecule has 116 valence electrons. The Labute approximate surface area is 129 Å². The second-order valence-corrected chi connectivity index (χ2v) is 4.63. The summed E-state index contributed by atoms with van der Waals surface area (Å²) in [6, 6.07) is 16.6. The van der Waals surface area contributed by atoms with Crippen LogP contribution in [-0.2, 0) is 4.79 Å². The number of carboxylic acid groups (broad SMARTS) is 1. The highest BCUT2D eigenvalue weighted by Gasteiger charge is 2.12. The molecule has 0 saturated heterocycles. The van der Waals surface area contributed by atoms with E-state index in [4.69, 9.17) is 15.9 Å². The number of aliphatic hydroxyl groups is 1. The molecule has 0 aromatic heterocycles. The van der Waals surface area contributed by atoms with Crippen LogP contribution in [0.1, 0.15) is 28.9 Å². The molecule has 22 heavy (non-hydrogen) atoms. The van der Waals surface area contributed by atoms with Crippen LogP contribution in [0.15, 0.2) is 60.7 Å². The number of carboxylic acids is 1. The van der Waals surface area contributed by atoms with Crippen LogP contribution >= 0.6 is 0 Å².